The maximum atomic E-state index is 12.7. The van der Waals surface area contributed by atoms with Crippen molar-refractivity contribution in [3.8, 4) is 0 Å². The molecule has 0 aromatic carbocycles. The van der Waals surface area contributed by atoms with Crippen LogP contribution in [0.25, 0.3) is 0 Å². The molecular weight excluding hydrogens is 730 g/mol. The second-order valence-corrected chi connectivity index (χ2v) is 19.8. The van der Waals surface area contributed by atoms with Gasteiger partial charge in [-0.3, -0.25) is 14.2 Å². The largest absolute Gasteiger partial charge is 0.756 e. The minimum absolute atomic E-state index is 0.0269. The summed E-state index contributed by atoms with van der Waals surface area (Å²) in [5.74, 6) is 1.73. The highest BCUT2D eigenvalue weighted by atomic mass is 33.1. The fourth-order valence-electron chi connectivity index (χ4n) is 5.77. The summed E-state index contributed by atoms with van der Waals surface area (Å²) in [6.07, 6.45) is 29.7. The number of unbranched alkanes of at least 4 members (excludes halogenated alkanes) is 22. The van der Waals surface area contributed by atoms with Crippen molar-refractivity contribution in [3.63, 3.8) is 0 Å². The summed E-state index contributed by atoms with van der Waals surface area (Å²) in [4.78, 5) is 37.4. The Kier molecular flexibility index (Phi) is 37.1. The van der Waals surface area contributed by atoms with Gasteiger partial charge in [0, 0.05) is 24.3 Å². The first-order chi connectivity index (χ1) is 25.5. The van der Waals surface area contributed by atoms with Gasteiger partial charge in [0.15, 0.2) is 6.10 Å². The van der Waals surface area contributed by atoms with E-state index < -0.39 is 26.5 Å². The van der Waals surface area contributed by atoms with Crippen LogP contribution < -0.4 is 4.89 Å². The summed E-state index contributed by atoms with van der Waals surface area (Å²) in [5.41, 5.74) is 0. The molecule has 0 amide bonds. The zero-order valence-electron chi connectivity index (χ0n) is 34.9. The van der Waals surface area contributed by atoms with E-state index in [1.807, 2.05) is 42.7 Å². The quantitative estimate of drug-likeness (QED) is 0.0194. The molecule has 0 aliphatic heterocycles. The topological polar surface area (TPSA) is 111 Å². The van der Waals surface area contributed by atoms with Crippen LogP contribution in [0.1, 0.15) is 187 Å². The third-order valence-corrected chi connectivity index (χ3v) is 12.8. The number of carbonyl (C=O) groups excluding carboxylic acids is 2. The van der Waals surface area contributed by atoms with Crippen LogP contribution >= 0.6 is 29.4 Å². The molecule has 0 aromatic heterocycles. The van der Waals surface area contributed by atoms with Crippen molar-refractivity contribution in [2.75, 3.05) is 59.0 Å². The van der Waals surface area contributed by atoms with E-state index >= 15 is 0 Å². The Bertz CT molecular complexity index is 893. The van der Waals surface area contributed by atoms with Gasteiger partial charge < -0.3 is 27.9 Å². The predicted molar refractivity (Wildman–Crippen MR) is 224 cm³/mol. The van der Waals surface area contributed by atoms with E-state index in [4.69, 9.17) is 18.5 Å². The molecule has 2 atom stereocenters. The Morgan fingerprint density at radius 3 is 1.47 bits per heavy atom. The highest BCUT2D eigenvalue weighted by molar-refractivity contribution is 8.76. The molecule has 0 aromatic rings. The fourth-order valence-corrected chi connectivity index (χ4v) is 8.78. The Balaban J connectivity index is 4.27. The summed E-state index contributed by atoms with van der Waals surface area (Å²) in [6.45, 7) is 4.21. The van der Waals surface area contributed by atoms with E-state index in [0.717, 1.165) is 32.1 Å². The van der Waals surface area contributed by atoms with Crippen LogP contribution in [-0.2, 0) is 32.7 Å². The third-order valence-electron chi connectivity index (χ3n) is 9.12. The molecule has 0 spiro atoms. The van der Waals surface area contributed by atoms with E-state index in [1.54, 1.807) is 0 Å². The molecule has 1 unspecified atom stereocenters. The van der Waals surface area contributed by atoms with Crippen molar-refractivity contribution in [2.45, 2.75) is 193 Å². The molecule has 0 heterocycles. The summed E-state index contributed by atoms with van der Waals surface area (Å²) in [6, 6.07) is 0. The van der Waals surface area contributed by atoms with E-state index in [-0.39, 0.29) is 32.0 Å². The SMILES string of the molecule is CCCCCCCCCCCCCC(=O)OC[C@H](COP(=O)([O-])OCC[N+](C)(C)C)OC(=O)CCCCCCCCCCCCCCCSSCCC. The molecule has 0 aliphatic carbocycles. The molecule has 0 rings (SSSR count). The molecule has 12 heteroatoms. The molecule has 0 saturated carbocycles. The summed E-state index contributed by atoms with van der Waals surface area (Å²) in [7, 11) is 5.22. The second kappa shape index (κ2) is 37.3. The zero-order valence-corrected chi connectivity index (χ0v) is 37.4. The number of phosphoric ester groups is 1. The fraction of sp³-hybridized carbons (Fsp3) is 0.951. The van der Waals surface area contributed by atoms with Crippen LogP contribution in [0.2, 0.25) is 0 Å². The van der Waals surface area contributed by atoms with E-state index in [1.165, 1.54) is 134 Å². The lowest BCUT2D eigenvalue weighted by atomic mass is 10.0. The second-order valence-electron chi connectivity index (χ2n) is 15.7. The lowest BCUT2D eigenvalue weighted by molar-refractivity contribution is -0.870. The van der Waals surface area contributed by atoms with Gasteiger partial charge in [-0.2, -0.15) is 0 Å². The summed E-state index contributed by atoms with van der Waals surface area (Å²) >= 11 is 0. The predicted octanol–water partition coefficient (Wildman–Crippen LogP) is 11.6. The van der Waals surface area contributed by atoms with Gasteiger partial charge >= 0.3 is 11.9 Å². The normalized spacial score (nSPS) is 13.5. The molecule has 0 radical (unpaired) electrons. The van der Waals surface area contributed by atoms with Gasteiger partial charge in [-0.15, -0.1) is 0 Å². The van der Waals surface area contributed by atoms with Crippen molar-refractivity contribution in [1.29, 1.82) is 0 Å². The first-order valence-electron chi connectivity index (χ1n) is 21.5. The van der Waals surface area contributed by atoms with Gasteiger partial charge in [-0.1, -0.05) is 170 Å². The van der Waals surface area contributed by atoms with Crippen molar-refractivity contribution >= 4 is 41.3 Å². The van der Waals surface area contributed by atoms with Crippen LogP contribution in [0.5, 0.6) is 0 Å². The van der Waals surface area contributed by atoms with Crippen molar-refractivity contribution in [2.24, 2.45) is 0 Å². The maximum Gasteiger partial charge on any atom is 0.306 e. The van der Waals surface area contributed by atoms with Gasteiger partial charge in [0.2, 0.25) is 0 Å². The van der Waals surface area contributed by atoms with Gasteiger partial charge in [0.25, 0.3) is 7.82 Å². The van der Waals surface area contributed by atoms with Crippen molar-refractivity contribution in [3.05, 3.63) is 0 Å². The summed E-state index contributed by atoms with van der Waals surface area (Å²) < 4.78 is 33.9. The monoisotopic (exact) mass is 812 g/mol. The van der Waals surface area contributed by atoms with Gasteiger partial charge in [0.1, 0.15) is 19.8 Å². The average molecular weight is 812 g/mol. The Labute approximate surface area is 334 Å². The van der Waals surface area contributed by atoms with Crippen LogP contribution in [0, 0.1) is 0 Å². The number of quaternary nitrogens is 1. The number of ether oxygens (including phenoxy) is 2. The molecule has 9 nitrogen and oxygen atoms in total. The molecular formula is C41H82NO8PS2. The zero-order chi connectivity index (χ0) is 39.3. The molecule has 0 aliphatic rings. The van der Waals surface area contributed by atoms with Gasteiger partial charge in [0.05, 0.1) is 27.7 Å². The van der Waals surface area contributed by atoms with E-state index in [0.29, 0.717) is 17.4 Å². The van der Waals surface area contributed by atoms with Crippen molar-refractivity contribution < 1.29 is 42.1 Å². The lowest BCUT2D eigenvalue weighted by Gasteiger charge is -2.28. The van der Waals surface area contributed by atoms with Crippen LogP contribution in [-0.4, -0.2) is 81.5 Å². The smallest absolute Gasteiger partial charge is 0.306 e. The van der Waals surface area contributed by atoms with E-state index in [2.05, 4.69) is 13.8 Å². The number of esters is 2. The molecule has 316 valence electrons. The first kappa shape index (κ1) is 52.7. The third kappa shape index (κ3) is 41.2. The molecule has 0 fully saturated rings. The number of hydrogen-bond donors (Lipinski definition) is 0. The number of nitrogens with zero attached hydrogens (tertiary/aromatic N) is 1. The minimum atomic E-state index is -4.61. The summed E-state index contributed by atoms with van der Waals surface area (Å²) in [5, 5.41) is 0. The molecule has 0 N–H and O–H groups in total. The highest BCUT2D eigenvalue weighted by Crippen LogP contribution is 2.38. The van der Waals surface area contributed by atoms with Crippen LogP contribution in [0.3, 0.4) is 0 Å². The Morgan fingerprint density at radius 1 is 0.566 bits per heavy atom. The number of rotatable bonds is 41. The first-order valence-corrected chi connectivity index (χ1v) is 25.4. The van der Waals surface area contributed by atoms with Crippen LogP contribution in [0.4, 0.5) is 0 Å². The molecule has 0 saturated heterocycles. The van der Waals surface area contributed by atoms with Crippen LogP contribution in [0.15, 0.2) is 0 Å². The number of hydrogen-bond acceptors (Lipinski definition) is 10. The Hall–Kier alpha value is -0.290. The number of likely N-dealkylation sites (N-methyl/N-ethyl adjacent to an activating group) is 1. The standard InChI is InChI=1S/C41H82NO8PS2/c1-6-8-9-10-11-12-16-19-22-25-28-31-40(43)47-37-39(38-49-51(45,46)48-34-33-42(3,4)5)50-41(44)32-29-26-23-20-17-14-13-15-18-21-24-27-30-36-53-52-35-7-2/h39H,6-38H2,1-5H3/t39-/m1/s1. The Morgan fingerprint density at radius 2 is 1.00 bits per heavy atom. The van der Waals surface area contributed by atoms with E-state index in [9.17, 15) is 19.0 Å². The van der Waals surface area contributed by atoms with Crippen molar-refractivity contribution in [1.82, 2.24) is 0 Å². The number of phosphoric acid groups is 1. The maximum absolute atomic E-state index is 12.7. The lowest BCUT2D eigenvalue weighted by Crippen LogP contribution is -2.37. The highest BCUT2D eigenvalue weighted by Gasteiger charge is 2.21. The number of carbonyl (C=O) groups is 2. The minimum Gasteiger partial charge on any atom is -0.756 e. The molecule has 0 bridgehead atoms. The van der Waals surface area contributed by atoms with Gasteiger partial charge in [-0.25, -0.2) is 0 Å². The average Bonchev–Trinajstić information content (AvgIpc) is 3.10. The molecule has 53 heavy (non-hydrogen) atoms. The van der Waals surface area contributed by atoms with Gasteiger partial charge in [-0.05, 0) is 25.7 Å².